The van der Waals surface area contributed by atoms with E-state index < -0.39 is 23.8 Å². The van der Waals surface area contributed by atoms with Crippen molar-refractivity contribution in [2.24, 2.45) is 0 Å². The van der Waals surface area contributed by atoms with Crippen LogP contribution in [0.1, 0.15) is 15.9 Å². The summed E-state index contributed by atoms with van der Waals surface area (Å²) in [6, 6.07) is 14.6. The molecule has 2 aliphatic heterocycles. The average molecular weight is 410 g/mol. The van der Waals surface area contributed by atoms with Gasteiger partial charge in [0.1, 0.15) is 12.0 Å². The van der Waals surface area contributed by atoms with Crippen LogP contribution >= 0.6 is 0 Å². The van der Waals surface area contributed by atoms with Gasteiger partial charge in [-0.2, -0.15) is 0 Å². The predicted octanol–water partition coefficient (Wildman–Crippen LogP) is 2.39. The van der Waals surface area contributed by atoms with Gasteiger partial charge in [0.25, 0.3) is 5.79 Å². The predicted molar refractivity (Wildman–Crippen MR) is 102 cm³/mol. The standard InChI is InChI=1S/C22H18O8/c1-26-16-9-7-15(8-10-16)22(25)17(11-19(23)30-22)20(18-12-27-13-28-18)29-21(24)14-5-3-2-4-6-14/h2-12,20,25H,13H2,1H3. The Kier molecular flexibility index (Phi) is 5.16. The zero-order valence-corrected chi connectivity index (χ0v) is 15.9. The van der Waals surface area contributed by atoms with E-state index in [0.29, 0.717) is 11.3 Å². The van der Waals surface area contributed by atoms with Gasteiger partial charge in [0.15, 0.2) is 11.9 Å². The molecule has 0 saturated heterocycles. The Morgan fingerprint density at radius 2 is 1.87 bits per heavy atom. The van der Waals surface area contributed by atoms with Crippen LogP contribution in [0, 0.1) is 0 Å². The molecule has 2 aromatic carbocycles. The van der Waals surface area contributed by atoms with Gasteiger partial charge in [0, 0.05) is 11.6 Å². The van der Waals surface area contributed by atoms with Gasteiger partial charge in [-0.05, 0) is 36.4 Å². The van der Waals surface area contributed by atoms with E-state index in [1.807, 2.05) is 0 Å². The summed E-state index contributed by atoms with van der Waals surface area (Å²) in [7, 11) is 1.51. The smallest absolute Gasteiger partial charge is 0.339 e. The molecule has 154 valence electrons. The van der Waals surface area contributed by atoms with E-state index in [0.717, 1.165) is 6.08 Å². The molecule has 0 amide bonds. The highest BCUT2D eigenvalue weighted by molar-refractivity contribution is 5.91. The van der Waals surface area contributed by atoms with Gasteiger partial charge in [-0.25, -0.2) is 9.59 Å². The third kappa shape index (κ3) is 3.60. The summed E-state index contributed by atoms with van der Waals surface area (Å²) in [5.41, 5.74) is 0.528. The number of ether oxygens (including phenoxy) is 5. The van der Waals surface area contributed by atoms with Crippen molar-refractivity contribution in [3.63, 3.8) is 0 Å². The van der Waals surface area contributed by atoms with Crippen molar-refractivity contribution in [1.29, 1.82) is 0 Å². The summed E-state index contributed by atoms with van der Waals surface area (Å²) < 4.78 is 26.4. The van der Waals surface area contributed by atoms with E-state index in [2.05, 4.69) is 0 Å². The molecule has 0 radical (unpaired) electrons. The molecule has 2 atom stereocenters. The summed E-state index contributed by atoms with van der Waals surface area (Å²) in [5.74, 6) is -2.95. The highest BCUT2D eigenvalue weighted by atomic mass is 16.7. The number of carbonyl (C=O) groups excluding carboxylic acids is 2. The number of esters is 2. The van der Waals surface area contributed by atoms with E-state index in [9.17, 15) is 14.7 Å². The van der Waals surface area contributed by atoms with Crippen molar-refractivity contribution < 1.29 is 38.4 Å². The largest absolute Gasteiger partial charge is 0.497 e. The molecule has 0 saturated carbocycles. The van der Waals surface area contributed by atoms with Crippen LogP contribution in [0.2, 0.25) is 0 Å². The van der Waals surface area contributed by atoms with E-state index in [1.54, 1.807) is 54.6 Å². The molecule has 0 fully saturated rings. The molecule has 0 bridgehead atoms. The van der Waals surface area contributed by atoms with Crippen LogP contribution in [-0.2, 0) is 29.5 Å². The topological polar surface area (TPSA) is 101 Å². The molecule has 0 aliphatic carbocycles. The van der Waals surface area contributed by atoms with Crippen molar-refractivity contribution in [2.75, 3.05) is 13.9 Å². The van der Waals surface area contributed by atoms with Crippen LogP contribution in [0.4, 0.5) is 0 Å². The Bertz CT molecular complexity index is 1010. The quantitative estimate of drug-likeness (QED) is 0.725. The van der Waals surface area contributed by atoms with E-state index in [4.69, 9.17) is 23.7 Å². The third-order valence-electron chi connectivity index (χ3n) is 4.66. The molecule has 2 aliphatic rings. The number of rotatable bonds is 6. The molecule has 30 heavy (non-hydrogen) atoms. The zero-order chi connectivity index (χ0) is 21.1. The van der Waals surface area contributed by atoms with Gasteiger partial charge in [0.05, 0.1) is 18.2 Å². The first kappa shape index (κ1) is 19.5. The minimum absolute atomic E-state index is 0.0151. The Balaban J connectivity index is 1.71. The zero-order valence-electron chi connectivity index (χ0n) is 15.9. The maximum absolute atomic E-state index is 12.7. The van der Waals surface area contributed by atoms with Crippen molar-refractivity contribution in [3.05, 3.63) is 89.4 Å². The molecule has 4 rings (SSSR count). The van der Waals surface area contributed by atoms with Gasteiger partial charge >= 0.3 is 11.9 Å². The monoisotopic (exact) mass is 410 g/mol. The number of cyclic esters (lactones) is 1. The van der Waals surface area contributed by atoms with Crippen LogP contribution in [0.3, 0.4) is 0 Å². The molecule has 0 spiro atoms. The number of hydrogen-bond donors (Lipinski definition) is 1. The molecular weight excluding hydrogens is 392 g/mol. The minimum atomic E-state index is -2.17. The fourth-order valence-corrected chi connectivity index (χ4v) is 3.17. The Hall–Kier alpha value is -3.78. The van der Waals surface area contributed by atoms with Crippen LogP contribution in [-0.4, -0.2) is 37.1 Å². The van der Waals surface area contributed by atoms with Crippen LogP contribution in [0.5, 0.6) is 5.75 Å². The van der Waals surface area contributed by atoms with Crippen molar-refractivity contribution in [2.45, 2.75) is 11.9 Å². The number of benzene rings is 2. The Labute approximate surface area is 171 Å². The second-order valence-corrected chi connectivity index (χ2v) is 6.49. The van der Waals surface area contributed by atoms with E-state index >= 15 is 0 Å². The Morgan fingerprint density at radius 1 is 1.13 bits per heavy atom. The van der Waals surface area contributed by atoms with Crippen LogP contribution < -0.4 is 4.74 Å². The highest BCUT2D eigenvalue weighted by Gasteiger charge is 2.50. The van der Waals surface area contributed by atoms with E-state index in [-0.39, 0.29) is 23.7 Å². The maximum atomic E-state index is 12.7. The lowest BCUT2D eigenvalue weighted by Gasteiger charge is -2.29. The molecule has 0 aromatic heterocycles. The van der Waals surface area contributed by atoms with Gasteiger partial charge < -0.3 is 28.8 Å². The SMILES string of the molecule is COc1ccc(C2(O)OC(=O)C=C2C(OC(=O)c2ccccc2)C2=COCO2)cc1. The van der Waals surface area contributed by atoms with Crippen LogP contribution in [0.15, 0.2) is 78.3 Å². The van der Waals surface area contributed by atoms with E-state index in [1.165, 1.54) is 13.4 Å². The molecule has 1 N–H and O–H groups in total. The third-order valence-corrected chi connectivity index (χ3v) is 4.66. The fraction of sp³-hybridized carbons (Fsp3) is 0.182. The lowest BCUT2D eigenvalue weighted by Crippen LogP contribution is -2.37. The lowest BCUT2D eigenvalue weighted by atomic mass is 9.93. The van der Waals surface area contributed by atoms with Gasteiger partial charge in [-0.3, -0.25) is 0 Å². The first-order valence-electron chi connectivity index (χ1n) is 9.03. The van der Waals surface area contributed by atoms with Gasteiger partial charge in [-0.15, -0.1) is 0 Å². The maximum Gasteiger partial charge on any atom is 0.339 e. The summed E-state index contributed by atoms with van der Waals surface area (Å²) in [4.78, 5) is 24.8. The van der Waals surface area contributed by atoms with Gasteiger partial charge in [-0.1, -0.05) is 18.2 Å². The van der Waals surface area contributed by atoms with Crippen LogP contribution in [0.25, 0.3) is 0 Å². The fourth-order valence-electron chi connectivity index (χ4n) is 3.17. The summed E-state index contributed by atoms with van der Waals surface area (Å²) in [5, 5.41) is 11.3. The van der Waals surface area contributed by atoms with Crippen molar-refractivity contribution in [3.8, 4) is 5.75 Å². The first-order chi connectivity index (χ1) is 14.5. The minimum Gasteiger partial charge on any atom is -0.497 e. The summed E-state index contributed by atoms with van der Waals surface area (Å²) >= 11 is 0. The number of carbonyl (C=O) groups is 2. The molecule has 8 heteroatoms. The average Bonchev–Trinajstić information content (AvgIpc) is 3.41. The normalized spacial score (nSPS) is 20.9. The lowest BCUT2D eigenvalue weighted by molar-refractivity contribution is -0.188. The summed E-state index contributed by atoms with van der Waals surface area (Å²) in [6.45, 7) is -0.0855. The molecule has 2 aromatic rings. The van der Waals surface area contributed by atoms with Crippen molar-refractivity contribution in [1.82, 2.24) is 0 Å². The second kappa shape index (κ2) is 7.92. The molecular formula is C22H18O8. The highest BCUT2D eigenvalue weighted by Crippen LogP contribution is 2.41. The Morgan fingerprint density at radius 3 is 2.50 bits per heavy atom. The van der Waals surface area contributed by atoms with Gasteiger partial charge in [0.2, 0.25) is 6.79 Å². The molecule has 8 nitrogen and oxygen atoms in total. The number of aliphatic hydroxyl groups is 1. The second-order valence-electron chi connectivity index (χ2n) is 6.49. The molecule has 2 heterocycles. The number of methoxy groups -OCH3 is 1. The summed E-state index contributed by atoms with van der Waals surface area (Å²) in [6.07, 6.45) is 1.09. The van der Waals surface area contributed by atoms with Crippen molar-refractivity contribution >= 4 is 11.9 Å². The molecule has 2 unspecified atom stereocenters. The first-order valence-corrected chi connectivity index (χ1v) is 9.03. The number of hydrogen-bond acceptors (Lipinski definition) is 8.